The van der Waals surface area contributed by atoms with Crippen molar-refractivity contribution in [3.63, 3.8) is 0 Å². The highest BCUT2D eigenvalue weighted by atomic mass is 35.5. The number of nitrogens with two attached hydrogens (primary N) is 1. The van der Waals surface area contributed by atoms with Crippen molar-refractivity contribution in [1.29, 1.82) is 0 Å². The van der Waals surface area contributed by atoms with Gasteiger partial charge in [-0.3, -0.25) is 0 Å². The van der Waals surface area contributed by atoms with Gasteiger partial charge in [-0.1, -0.05) is 29.3 Å². The molecule has 0 bridgehead atoms. The Labute approximate surface area is 135 Å². The Bertz CT molecular complexity index is 674. The Balaban J connectivity index is 2.25. The maximum absolute atomic E-state index is 6.41. The van der Waals surface area contributed by atoms with Crippen LogP contribution in [0.5, 0.6) is 0 Å². The molecular formula is C16H19Cl2N3. The van der Waals surface area contributed by atoms with Crippen LogP contribution in [0.15, 0.2) is 18.2 Å². The summed E-state index contributed by atoms with van der Waals surface area (Å²) in [6.45, 7) is 6.40. The molecule has 0 amide bonds. The SMILES string of the molecule is CC(C)(C)n1c(C2CC2)nc(-c2c(Cl)cccc2Cl)c1N. The molecule has 0 aliphatic heterocycles. The van der Waals surface area contributed by atoms with E-state index in [1.807, 2.05) is 18.2 Å². The quantitative estimate of drug-likeness (QED) is 0.838. The molecule has 0 saturated heterocycles. The molecule has 1 aliphatic carbocycles. The number of halogens is 2. The van der Waals surface area contributed by atoms with Gasteiger partial charge in [-0.05, 0) is 45.7 Å². The number of rotatable bonds is 2. The lowest BCUT2D eigenvalue weighted by Gasteiger charge is -2.25. The molecule has 2 aromatic rings. The Hall–Kier alpha value is -1.19. The summed E-state index contributed by atoms with van der Waals surface area (Å²) in [4.78, 5) is 4.80. The van der Waals surface area contributed by atoms with Crippen LogP contribution in [-0.2, 0) is 5.54 Å². The lowest BCUT2D eigenvalue weighted by atomic mass is 10.1. The van der Waals surface area contributed by atoms with Gasteiger partial charge in [0.05, 0.1) is 10.0 Å². The van der Waals surface area contributed by atoms with E-state index in [2.05, 4.69) is 25.3 Å². The number of hydrogen-bond donors (Lipinski definition) is 1. The molecule has 1 heterocycles. The third-order valence-corrected chi connectivity index (χ3v) is 4.38. The van der Waals surface area contributed by atoms with Gasteiger partial charge in [0.15, 0.2) is 0 Å². The zero-order valence-corrected chi connectivity index (χ0v) is 14.0. The summed E-state index contributed by atoms with van der Waals surface area (Å²) in [5.41, 5.74) is 7.71. The molecule has 0 spiro atoms. The Kier molecular flexibility index (Phi) is 3.45. The van der Waals surface area contributed by atoms with Crippen molar-refractivity contribution in [2.75, 3.05) is 5.73 Å². The normalized spacial score (nSPS) is 15.5. The molecule has 0 unspecified atom stereocenters. The molecule has 5 heteroatoms. The fraction of sp³-hybridized carbons (Fsp3) is 0.438. The van der Waals surface area contributed by atoms with E-state index in [9.17, 15) is 0 Å². The van der Waals surface area contributed by atoms with E-state index in [-0.39, 0.29) is 5.54 Å². The molecular weight excluding hydrogens is 305 g/mol. The molecule has 112 valence electrons. The second kappa shape index (κ2) is 4.92. The monoisotopic (exact) mass is 323 g/mol. The van der Waals surface area contributed by atoms with Gasteiger partial charge in [0.1, 0.15) is 17.3 Å². The van der Waals surface area contributed by atoms with Crippen LogP contribution in [0.2, 0.25) is 10.0 Å². The molecule has 0 atom stereocenters. The van der Waals surface area contributed by atoms with Crippen molar-refractivity contribution in [3.8, 4) is 11.3 Å². The summed E-state index contributed by atoms with van der Waals surface area (Å²) in [6, 6.07) is 5.46. The molecule has 1 aliphatic rings. The fourth-order valence-corrected chi connectivity index (χ4v) is 3.26. The highest BCUT2D eigenvalue weighted by molar-refractivity contribution is 6.39. The molecule has 3 rings (SSSR count). The number of aromatic nitrogens is 2. The summed E-state index contributed by atoms with van der Waals surface area (Å²) < 4.78 is 2.12. The molecule has 2 N–H and O–H groups in total. The van der Waals surface area contributed by atoms with E-state index in [0.29, 0.717) is 27.5 Å². The summed E-state index contributed by atoms with van der Waals surface area (Å²) in [5, 5.41) is 1.16. The Morgan fingerprint density at radius 2 is 1.76 bits per heavy atom. The predicted molar refractivity (Wildman–Crippen MR) is 89.1 cm³/mol. The summed E-state index contributed by atoms with van der Waals surface area (Å²) in [6.07, 6.45) is 2.34. The predicted octanol–water partition coefficient (Wildman–Crippen LogP) is 5.07. The largest absolute Gasteiger partial charge is 0.383 e. The zero-order chi connectivity index (χ0) is 15.4. The summed E-state index contributed by atoms with van der Waals surface area (Å²) >= 11 is 12.6. The zero-order valence-electron chi connectivity index (χ0n) is 12.5. The first-order valence-electron chi connectivity index (χ1n) is 7.13. The fourth-order valence-electron chi connectivity index (χ4n) is 2.68. The number of imidazole rings is 1. The van der Waals surface area contributed by atoms with Crippen LogP contribution in [0.3, 0.4) is 0 Å². The standard InChI is InChI=1S/C16H19Cl2N3/c1-16(2,3)21-14(19)13(20-15(21)9-7-8-9)12-10(17)5-4-6-11(12)18/h4-6,9H,7-8,19H2,1-3H3. The molecule has 1 fully saturated rings. The smallest absolute Gasteiger partial charge is 0.132 e. The summed E-state index contributed by atoms with van der Waals surface area (Å²) in [7, 11) is 0. The molecule has 1 aromatic heterocycles. The van der Waals surface area contributed by atoms with Crippen LogP contribution in [0.1, 0.15) is 45.4 Å². The average Bonchev–Trinajstić information content (AvgIpc) is 3.13. The van der Waals surface area contributed by atoms with E-state index in [4.69, 9.17) is 33.9 Å². The first-order chi connectivity index (χ1) is 9.80. The minimum atomic E-state index is -0.124. The van der Waals surface area contributed by atoms with Gasteiger partial charge in [0.25, 0.3) is 0 Å². The molecule has 3 nitrogen and oxygen atoms in total. The third kappa shape index (κ3) is 2.53. The van der Waals surface area contributed by atoms with Gasteiger partial charge in [-0.15, -0.1) is 0 Å². The van der Waals surface area contributed by atoms with Crippen molar-refractivity contribution in [2.24, 2.45) is 0 Å². The minimum Gasteiger partial charge on any atom is -0.383 e. The molecule has 1 aromatic carbocycles. The number of anilines is 1. The number of benzene rings is 1. The van der Waals surface area contributed by atoms with Gasteiger partial charge in [0, 0.05) is 17.0 Å². The molecule has 21 heavy (non-hydrogen) atoms. The van der Waals surface area contributed by atoms with Crippen molar-refractivity contribution in [2.45, 2.75) is 45.1 Å². The second-order valence-electron chi connectivity index (χ2n) is 6.58. The highest BCUT2D eigenvalue weighted by Crippen LogP contribution is 2.46. The maximum atomic E-state index is 6.41. The van der Waals surface area contributed by atoms with Crippen LogP contribution < -0.4 is 5.73 Å². The van der Waals surface area contributed by atoms with Crippen LogP contribution >= 0.6 is 23.2 Å². The van der Waals surface area contributed by atoms with E-state index >= 15 is 0 Å². The van der Waals surface area contributed by atoms with Gasteiger partial charge in [0.2, 0.25) is 0 Å². The first-order valence-corrected chi connectivity index (χ1v) is 7.89. The highest BCUT2D eigenvalue weighted by Gasteiger charge is 2.35. The van der Waals surface area contributed by atoms with Crippen LogP contribution in [0, 0.1) is 0 Å². The Morgan fingerprint density at radius 1 is 1.19 bits per heavy atom. The van der Waals surface area contributed by atoms with Crippen LogP contribution in [0.4, 0.5) is 5.82 Å². The summed E-state index contributed by atoms with van der Waals surface area (Å²) in [5.74, 6) is 2.19. The number of hydrogen-bond acceptors (Lipinski definition) is 2. The van der Waals surface area contributed by atoms with Crippen molar-refractivity contribution < 1.29 is 0 Å². The van der Waals surface area contributed by atoms with Gasteiger partial charge >= 0.3 is 0 Å². The topological polar surface area (TPSA) is 43.8 Å². The van der Waals surface area contributed by atoms with Crippen molar-refractivity contribution in [1.82, 2.24) is 9.55 Å². The van der Waals surface area contributed by atoms with E-state index in [0.717, 1.165) is 11.4 Å². The van der Waals surface area contributed by atoms with E-state index < -0.39 is 0 Å². The molecule has 0 radical (unpaired) electrons. The van der Waals surface area contributed by atoms with Gasteiger partial charge < -0.3 is 10.3 Å². The Morgan fingerprint density at radius 3 is 2.24 bits per heavy atom. The minimum absolute atomic E-state index is 0.124. The van der Waals surface area contributed by atoms with Crippen molar-refractivity contribution in [3.05, 3.63) is 34.1 Å². The maximum Gasteiger partial charge on any atom is 0.132 e. The van der Waals surface area contributed by atoms with E-state index in [1.54, 1.807) is 0 Å². The lowest BCUT2D eigenvalue weighted by molar-refractivity contribution is 0.388. The molecule has 1 saturated carbocycles. The van der Waals surface area contributed by atoms with Gasteiger partial charge in [-0.25, -0.2) is 4.98 Å². The number of nitrogen functional groups attached to an aromatic ring is 1. The van der Waals surface area contributed by atoms with Crippen LogP contribution in [0.25, 0.3) is 11.3 Å². The van der Waals surface area contributed by atoms with Crippen molar-refractivity contribution >= 4 is 29.0 Å². The second-order valence-corrected chi connectivity index (χ2v) is 7.40. The third-order valence-electron chi connectivity index (χ3n) is 3.75. The first kappa shape index (κ1) is 14.7. The number of nitrogens with zero attached hydrogens (tertiary/aromatic N) is 2. The van der Waals surface area contributed by atoms with Gasteiger partial charge in [-0.2, -0.15) is 0 Å². The average molecular weight is 324 g/mol. The van der Waals surface area contributed by atoms with Crippen LogP contribution in [-0.4, -0.2) is 9.55 Å². The lowest BCUT2D eigenvalue weighted by Crippen LogP contribution is -2.25. The van der Waals surface area contributed by atoms with E-state index in [1.165, 1.54) is 12.8 Å².